The summed E-state index contributed by atoms with van der Waals surface area (Å²) in [5.41, 5.74) is 3.89. The molecule has 7 rings (SSSR count). The van der Waals surface area contributed by atoms with Gasteiger partial charge in [-0.1, -0.05) is 18.2 Å². The Balaban J connectivity index is 1.22. The zero-order valence-electron chi connectivity index (χ0n) is 21.8. The molecule has 1 aromatic carbocycles. The van der Waals surface area contributed by atoms with Gasteiger partial charge < -0.3 is 14.5 Å². The van der Waals surface area contributed by atoms with Crippen molar-refractivity contribution in [3.05, 3.63) is 54.0 Å². The Hall–Kier alpha value is -3.50. The van der Waals surface area contributed by atoms with Crippen LogP contribution in [0.4, 0.5) is 5.82 Å². The molecule has 3 atom stereocenters. The van der Waals surface area contributed by atoms with Gasteiger partial charge in [0.15, 0.2) is 0 Å². The zero-order chi connectivity index (χ0) is 25.8. The molecule has 1 amide bonds. The van der Waals surface area contributed by atoms with Gasteiger partial charge in [-0.25, -0.2) is 4.98 Å². The molecule has 4 fully saturated rings. The first kappa shape index (κ1) is 23.6. The van der Waals surface area contributed by atoms with Crippen molar-refractivity contribution in [3.8, 4) is 17.2 Å². The summed E-state index contributed by atoms with van der Waals surface area (Å²) in [7, 11) is 0. The van der Waals surface area contributed by atoms with E-state index in [1.165, 1.54) is 12.8 Å². The fraction of sp³-hybridized carbons (Fsp3) is 0.484. The van der Waals surface area contributed by atoms with E-state index in [-0.39, 0.29) is 24.0 Å². The van der Waals surface area contributed by atoms with Gasteiger partial charge in [-0.05, 0) is 68.0 Å². The van der Waals surface area contributed by atoms with Crippen molar-refractivity contribution in [1.82, 2.24) is 14.9 Å². The number of aromatic nitrogens is 2. The van der Waals surface area contributed by atoms with Gasteiger partial charge in [-0.3, -0.25) is 9.78 Å². The fourth-order valence-electron chi connectivity index (χ4n) is 6.29. The monoisotopic (exact) mass is 507 g/mol. The molecule has 2 aromatic heterocycles. The average molecular weight is 508 g/mol. The van der Waals surface area contributed by atoms with Crippen LogP contribution in [0.2, 0.25) is 0 Å². The number of anilines is 1. The number of ether oxygens (including phenoxy) is 1. The summed E-state index contributed by atoms with van der Waals surface area (Å²) < 4.78 is 5.72. The highest BCUT2D eigenvalue weighted by Gasteiger charge is 2.50. The summed E-state index contributed by atoms with van der Waals surface area (Å²) in [6, 6.07) is 13.0. The summed E-state index contributed by atoms with van der Waals surface area (Å²) >= 11 is 0. The number of benzene rings is 1. The number of fused-ring (bicyclic) bond motifs is 1. The van der Waals surface area contributed by atoms with Crippen LogP contribution < -0.4 is 4.90 Å². The highest BCUT2D eigenvalue weighted by Crippen LogP contribution is 2.47. The van der Waals surface area contributed by atoms with Gasteiger partial charge in [-0.15, -0.1) is 0 Å². The van der Waals surface area contributed by atoms with Crippen LogP contribution in [0.15, 0.2) is 42.7 Å². The molecule has 3 saturated carbocycles. The largest absolute Gasteiger partial charge is 0.378 e. The first-order valence-electron chi connectivity index (χ1n) is 14.1. The van der Waals surface area contributed by atoms with Crippen molar-refractivity contribution in [2.45, 2.75) is 57.1 Å². The molecular formula is C31H33N5O2. The number of carbonyl (C=O) groups is 1. The number of hydrogen-bond donors (Lipinski definition) is 0. The summed E-state index contributed by atoms with van der Waals surface area (Å²) in [4.78, 5) is 27.3. The van der Waals surface area contributed by atoms with Gasteiger partial charge in [0.1, 0.15) is 11.9 Å². The lowest BCUT2D eigenvalue weighted by Gasteiger charge is -2.43. The molecule has 1 aliphatic heterocycles. The van der Waals surface area contributed by atoms with Gasteiger partial charge in [0, 0.05) is 55.5 Å². The molecule has 3 heterocycles. The van der Waals surface area contributed by atoms with Crippen LogP contribution in [-0.4, -0.2) is 59.2 Å². The van der Waals surface area contributed by atoms with Crippen LogP contribution in [0.3, 0.4) is 0 Å². The Morgan fingerprint density at radius 1 is 1.16 bits per heavy atom. The van der Waals surface area contributed by atoms with Crippen molar-refractivity contribution in [2.24, 2.45) is 11.8 Å². The third kappa shape index (κ3) is 4.21. The lowest BCUT2D eigenvalue weighted by Crippen LogP contribution is -2.57. The molecule has 1 saturated heterocycles. The SMILES string of the molecule is CCO[C@H]1CC1C(=O)N1CCN(c2nc(C3CC3)c(-c3cccc4cnccc34)cc2C#N)C[C@H]1C1CC1. The Morgan fingerprint density at radius 3 is 2.79 bits per heavy atom. The number of carbonyl (C=O) groups excluding carboxylic acids is 1. The Kier molecular flexibility index (Phi) is 5.81. The van der Waals surface area contributed by atoms with Gasteiger partial charge in [-0.2, -0.15) is 5.26 Å². The van der Waals surface area contributed by atoms with E-state index in [0.717, 1.165) is 59.2 Å². The molecule has 0 N–H and O–H groups in total. The van der Waals surface area contributed by atoms with Crippen LogP contribution >= 0.6 is 0 Å². The second-order valence-corrected chi connectivity index (χ2v) is 11.3. The predicted octanol–water partition coefficient (Wildman–Crippen LogP) is 4.90. The Labute approximate surface area is 223 Å². The maximum Gasteiger partial charge on any atom is 0.228 e. The summed E-state index contributed by atoms with van der Waals surface area (Å²) in [5.74, 6) is 2.04. The molecule has 7 heteroatoms. The average Bonchev–Trinajstić information content (AvgIpc) is 3.81. The second-order valence-electron chi connectivity index (χ2n) is 11.3. The van der Waals surface area contributed by atoms with Crippen LogP contribution in [0.5, 0.6) is 0 Å². The number of rotatable bonds is 7. The minimum absolute atomic E-state index is 0.0205. The van der Waals surface area contributed by atoms with Gasteiger partial charge in [0.05, 0.1) is 29.3 Å². The van der Waals surface area contributed by atoms with E-state index in [2.05, 4.69) is 45.1 Å². The van der Waals surface area contributed by atoms with E-state index in [1.807, 2.05) is 25.4 Å². The van der Waals surface area contributed by atoms with E-state index >= 15 is 0 Å². The van der Waals surface area contributed by atoms with Gasteiger partial charge >= 0.3 is 0 Å². The predicted molar refractivity (Wildman–Crippen MR) is 146 cm³/mol. The van der Waals surface area contributed by atoms with E-state index in [1.54, 1.807) is 0 Å². The molecule has 3 aliphatic carbocycles. The first-order valence-corrected chi connectivity index (χ1v) is 14.1. The van der Waals surface area contributed by atoms with Crippen LogP contribution in [-0.2, 0) is 9.53 Å². The van der Waals surface area contributed by atoms with Crippen molar-refractivity contribution >= 4 is 22.5 Å². The van der Waals surface area contributed by atoms with Crippen LogP contribution in [0.1, 0.15) is 56.2 Å². The first-order chi connectivity index (χ1) is 18.7. The lowest BCUT2D eigenvalue weighted by atomic mass is 9.95. The Morgan fingerprint density at radius 2 is 2.03 bits per heavy atom. The van der Waals surface area contributed by atoms with Gasteiger partial charge in [0.2, 0.25) is 5.91 Å². The number of amides is 1. The molecule has 194 valence electrons. The van der Waals surface area contributed by atoms with Crippen molar-refractivity contribution in [1.29, 1.82) is 5.26 Å². The molecule has 0 spiro atoms. The molecule has 7 nitrogen and oxygen atoms in total. The summed E-state index contributed by atoms with van der Waals surface area (Å²) in [6.45, 7) is 4.77. The fourth-order valence-corrected chi connectivity index (χ4v) is 6.29. The molecule has 1 unspecified atom stereocenters. The molecule has 4 aliphatic rings. The van der Waals surface area contributed by atoms with E-state index < -0.39 is 0 Å². The summed E-state index contributed by atoms with van der Waals surface area (Å²) in [5, 5.41) is 12.5. The molecular weight excluding hydrogens is 474 g/mol. The number of nitriles is 1. The third-order valence-electron chi connectivity index (χ3n) is 8.68. The normalized spacial score (nSPS) is 24.9. The standard InChI is InChI=1S/C31H33N5O2/c1-2-38-28-15-26(28)31(37)36-13-12-35(18-27(36)19-6-7-19)30-22(16-32)14-25(29(34-30)20-8-9-20)24-5-3-4-21-17-33-11-10-23(21)24/h3-5,10-11,14,17,19-20,26-28H,2,6-9,12-13,15,18H2,1H3/t26?,27-,28-/m0/s1. The van der Waals surface area contributed by atoms with Crippen LogP contribution in [0, 0.1) is 23.2 Å². The number of piperazine rings is 1. The Bertz CT molecular complexity index is 1430. The van der Waals surface area contributed by atoms with E-state index in [4.69, 9.17) is 9.72 Å². The van der Waals surface area contributed by atoms with Crippen molar-refractivity contribution < 1.29 is 9.53 Å². The third-order valence-corrected chi connectivity index (χ3v) is 8.68. The minimum atomic E-state index is 0.0205. The van der Waals surface area contributed by atoms with E-state index in [9.17, 15) is 10.1 Å². The minimum Gasteiger partial charge on any atom is -0.378 e. The quantitative estimate of drug-likeness (QED) is 0.453. The molecule has 3 aromatic rings. The van der Waals surface area contributed by atoms with E-state index in [0.29, 0.717) is 37.1 Å². The second kappa shape index (κ2) is 9.36. The molecule has 0 radical (unpaired) electrons. The van der Waals surface area contributed by atoms with Gasteiger partial charge in [0.25, 0.3) is 0 Å². The van der Waals surface area contributed by atoms with Crippen molar-refractivity contribution in [2.75, 3.05) is 31.1 Å². The highest BCUT2D eigenvalue weighted by atomic mass is 16.5. The van der Waals surface area contributed by atoms with Crippen LogP contribution in [0.25, 0.3) is 21.9 Å². The smallest absolute Gasteiger partial charge is 0.228 e. The maximum atomic E-state index is 13.4. The number of nitrogens with zero attached hydrogens (tertiary/aromatic N) is 5. The lowest BCUT2D eigenvalue weighted by molar-refractivity contribution is -0.136. The maximum absolute atomic E-state index is 13.4. The molecule has 38 heavy (non-hydrogen) atoms. The number of pyridine rings is 2. The molecule has 0 bridgehead atoms. The number of hydrogen-bond acceptors (Lipinski definition) is 6. The highest BCUT2D eigenvalue weighted by molar-refractivity contribution is 5.97. The topological polar surface area (TPSA) is 82.3 Å². The summed E-state index contributed by atoms with van der Waals surface area (Å²) in [6.07, 6.45) is 9.26. The zero-order valence-corrected chi connectivity index (χ0v) is 21.8. The van der Waals surface area contributed by atoms with Crippen molar-refractivity contribution in [3.63, 3.8) is 0 Å².